The third kappa shape index (κ3) is 4.00. The summed E-state index contributed by atoms with van der Waals surface area (Å²) in [5.74, 6) is 0.749. The van der Waals surface area contributed by atoms with Gasteiger partial charge in [0.1, 0.15) is 0 Å². The highest BCUT2D eigenvalue weighted by molar-refractivity contribution is 9.10. The Hall–Kier alpha value is -1.48. The molecule has 0 amide bonds. The van der Waals surface area contributed by atoms with Crippen molar-refractivity contribution in [3.05, 3.63) is 58.1 Å². The molecule has 0 unspecified atom stereocenters. The lowest BCUT2D eigenvalue weighted by molar-refractivity contribution is 0.311. The zero-order chi connectivity index (χ0) is 13.7. The highest BCUT2D eigenvalue weighted by atomic mass is 79.9. The summed E-state index contributed by atoms with van der Waals surface area (Å²) in [5.41, 5.74) is 9.11. The Balaban J connectivity index is 1.86. The Labute approximate surface area is 122 Å². The van der Waals surface area contributed by atoms with Crippen molar-refractivity contribution in [2.24, 2.45) is 0 Å². The largest absolute Gasteiger partial charge is 0.490 e. The molecular weight excluding hydrogens is 302 g/mol. The van der Waals surface area contributed by atoms with Gasteiger partial charge in [-0.05, 0) is 59.0 Å². The van der Waals surface area contributed by atoms with Crippen molar-refractivity contribution < 1.29 is 4.74 Å². The van der Waals surface area contributed by atoms with Gasteiger partial charge in [-0.3, -0.25) is 0 Å². The van der Waals surface area contributed by atoms with Crippen LogP contribution in [0.5, 0.6) is 5.75 Å². The van der Waals surface area contributed by atoms with Crippen LogP contribution < -0.4 is 10.5 Å². The van der Waals surface area contributed by atoms with E-state index < -0.39 is 0 Å². The lowest BCUT2D eigenvalue weighted by atomic mass is 10.1. The predicted octanol–water partition coefficient (Wildman–Crippen LogP) is 4.35. The molecule has 0 saturated heterocycles. The molecule has 0 fully saturated rings. The van der Waals surface area contributed by atoms with Crippen LogP contribution in [-0.4, -0.2) is 6.61 Å². The number of nitrogens with two attached hydrogens (primary N) is 1. The van der Waals surface area contributed by atoms with Gasteiger partial charge in [-0.15, -0.1) is 0 Å². The zero-order valence-electron chi connectivity index (χ0n) is 11.0. The summed E-state index contributed by atoms with van der Waals surface area (Å²) in [7, 11) is 0. The van der Waals surface area contributed by atoms with Crippen LogP contribution in [0.1, 0.15) is 17.5 Å². The van der Waals surface area contributed by atoms with Crippen LogP contribution in [0.25, 0.3) is 0 Å². The first kappa shape index (κ1) is 13.9. The van der Waals surface area contributed by atoms with Crippen molar-refractivity contribution >= 4 is 21.6 Å². The Bertz CT molecular complexity index is 517. The van der Waals surface area contributed by atoms with E-state index in [-0.39, 0.29) is 0 Å². The molecular formula is C16H18BrNO. The van der Waals surface area contributed by atoms with Crippen molar-refractivity contribution in [1.82, 2.24) is 0 Å². The fraction of sp³-hybridized carbons (Fsp3) is 0.250. The molecule has 0 saturated carbocycles. The molecule has 0 bridgehead atoms. The first-order valence-corrected chi connectivity index (χ1v) is 7.18. The van der Waals surface area contributed by atoms with Crippen molar-refractivity contribution in [2.75, 3.05) is 12.3 Å². The molecule has 100 valence electrons. The van der Waals surface area contributed by atoms with Gasteiger partial charge in [-0.1, -0.05) is 30.3 Å². The maximum atomic E-state index is 5.96. The van der Waals surface area contributed by atoms with Crippen LogP contribution in [0.15, 0.2) is 46.9 Å². The highest BCUT2D eigenvalue weighted by Gasteiger charge is 2.06. The van der Waals surface area contributed by atoms with E-state index in [4.69, 9.17) is 10.5 Å². The summed E-state index contributed by atoms with van der Waals surface area (Å²) in [4.78, 5) is 0. The summed E-state index contributed by atoms with van der Waals surface area (Å²) in [5, 5.41) is 0. The molecule has 0 radical (unpaired) electrons. The number of hydrogen-bond donors (Lipinski definition) is 1. The molecule has 2 aromatic carbocycles. The number of rotatable bonds is 5. The Kier molecular flexibility index (Phi) is 4.86. The standard InChI is InChI=1S/C16H18BrNO/c1-12-10-14(17)16(15(18)11-12)19-9-5-8-13-6-3-2-4-7-13/h2-4,6-7,10-11H,5,8-9,18H2,1H3. The maximum absolute atomic E-state index is 5.96. The van der Waals surface area contributed by atoms with Gasteiger partial charge in [0.05, 0.1) is 16.8 Å². The van der Waals surface area contributed by atoms with Gasteiger partial charge in [0, 0.05) is 0 Å². The second-order valence-electron chi connectivity index (χ2n) is 4.60. The average Bonchev–Trinajstić information content (AvgIpc) is 2.38. The van der Waals surface area contributed by atoms with Gasteiger partial charge in [-0.25, -0.2) is 0 Å². The quantitative estimate of drug-likeness (QED) is 0.656. The lowest BCUT2D eigenvalue weighted by Gasteiger charge is -2.11. The van der Waals surface area contributed by atoms with E-state index in [1.807, 2.05) is 25.1 Å². The van der Waals surface area contributed by atoms with Gasteiger partial charge in [0.25, 0.3) is 0 Å². The molecule has 0 spiro atoms. The molecule has 2 nitrogen and oxygen atoms in total. The second kappa shape index (κ2) is 6.62. The zero-order valence-corrected chi connectivity index (χ0v) is 12.6. The first-order chi connectivity index (χ1) is 9.16. The van der Waals surface area contributed by atoms with Crippen molar-refractivity contribution in [3.63, 3.8) is 0 Å². The highest BCUT2D eigenvalue weighted by Crippen LogP contribution is 2.32. The van der Waals surface area contributed by atoms with Crippen LogP contribution in [0.4, 0.5) is 5.69 Å². The number of aryl methyl sites for hydroxylation is 2. The monoisotopic (exact) mass is 319 g/mol. The number of nitrogen functional groups attached to an aromatic ring is 1. The third-order valence-corrected chi connectivity index (χ3v) is 3.50. The fourth-order valence-corrected chi connectivity index (χ4v) is 2.71. The summed E-state index contributed by atoms with van der Waals surface area (Å²) >= 11 is 3.49. The molecule has 0 aliphatic heterocycles. The fourth-order valence-electron chi connectivity index (χ4n) is 2.00. The molecule has 2 N–H and O–H groups in total. The minimum Gasteiger partial charge on any atom is -0.490 e. The van der Waals surface area contributed by atoms with E-state index in [0.717, 1.165) is 28.6 Å². The summed E-state index contributed by atoms with van der Waals surface area (Å²) in [6.07, 6.45) is 1.99. The maximum Gasteiger partial charge on any atom is 0.156 e. The SMILES string of the molecule is Cc1cc(N)c(OCCCc2ccccc2)c(Br)c1. The molecule has 2 aromatic rings. The first-order valence-electron chi connectivity index (χ1n) is 6.39. The van der Waals surface area contributed by atoms with Crippen LogP contribution in [-0.2, 0) is 6.42 Å². The van der Waals surface area contributed by atoms with Gasteiger partial charge >= 0.3 is 0 Å². The number of hydrogen-bond acceptors (Lipinski definition) is 2. The van der Waals surface area contributed by atoms with Crippen molar-refractivity contribution in [3.8, 4) is 5.75 Å². The van der Waals surface area contributed by atoms with Crippen LogP contribution in [0.2, 0.25) is 0 Å². The molecule has 3 heteroatoms. The summed E-state index contributed by atoms with van der Waals surface area (Å²) in [6, 6.07) is 14.4. The number of ether oxygens (including phenoxy) is 1. The molecule has 0 aliphatic carbocycles. The van der Waals surface area contributed by atoms with E-state index in [1.165, 1.54) is 5.56 Å². The van der Waals surface area contributed by atoms with Crippen LogP contribution in [0.3, 0.4) is 0 Å². The molecule has 0 atom stereocenters. The topological polar surface area (TPSA) is 35.2 Å². The van der Waals surface area contributed by atoms with E-state index in [2.05, 4.69) is 40.2 Å². The number of benzene rings is 2. The van der Waals surface area contributed by atoms with Gasteiger partial charge in [-0.2, -0.15) is 0 Å². The van der Waals surface area contributed by atoms with Gasteiger partial charge in [0.2, 0.25) is 0 Å². The van der Waals surface area contributed by atoms with E-state index >= 15 is 0 Å². The Morgan fingerprint density at radius 1 is 1.16 bits per heavy atom. The minimum absolute atomic E-state index is 0.667. The second-order valence-corrected chi connectivity index (χ2v) is 5.46. The van der Waals surface area contributed by atoms with Crippen molar-refractivity contribution in [1.29, 1.82) is 0 Å². The number of anilines is 1. The Morgan fingerprint density at radius 2 is 1.89 bits per heavy atom. The number of halogens is 1. The van der Waals surface area contributed by atoms with Crippen molar-refractivity contribution in [2.45, 2.75) is 19.8 Å². The van der Waals surface area contributed by atoms with Gasteiger partial charge in [0.15, 0.2) is 5.75 Å². The Morgan fingerprint density at radius 3 is 2.58 bits per heavy atom. The van der Waals surface area contributed by atoms with E-state index in [1.54, 1.807) is 0 Å². The summed E-state index contributed by atoms with van der Waals surface area (Å²) in [6.45, 7) is 2.68. The molecule has 2 rings (SSSR count). The lowest BCUT2D eigenvalue weighted by Crippen LogP contribution is -2.03. The molecule has 0 aliphatic rings. The third-order valence-electron chi connectivity index (χ3n) is 2.92. The van der Waals surface area contributed by atoms with E-state index in [0.29, 0.717) is 12.3 Å². The summed E-state index contributed by atoms with van der Waals surface area (Å²) < 4.78 is 6.69. The van der Waals surface area contributed by atoms with Crippen LogP contribution in [0, 0.1) is 6.92 Å². The smallest absolute Gasteiger partial charge is 0.156 e. The normalized spacial score (nSPS) is 10.4. The predicted molar refractivity (Wildman–Crippen MR) is 83.5 cm³/mol. The molecule has 19 heavy (non-hydrogen) atoms. The molecule has 0 heterocycles. The van der Waals surface area contributed by atoms with E-state index in [9.17, 15) is 0 Å². The average molecular weight is 320 g/mol. The van der Waals surface area contributed by atoms with Gasteiger partial charge < -0.3 is 10.5 Å². The molecule has 0 aromatic heterocycles. The van der Waals surface area contributed by atoms with Crippen LogP contribution >= 0.6 is 15.9 Å². The minimum atomic E-state index is 0.667.